The number of hydrogen-bond donors (Lipinski definition) is 1. The van der Waals surface area contributed by atoms with E-state index in [1.165, 1.54) is 12.3 Å². The van der Waals surface area contributed by atoms with Gasteiger partial charge in [0.05, 0.1) is 0 Å². The van der Waals surface area contributed by atoms with Crippen molar-refractivity contribution >= 4 is 0 Å². The molecule has 0 saturated heterocycles. The first-order valence-electron chi connectivity index (χ1n) is 3.58. The number of aliphatic hydroxyl groups excluding tert-OH is 1. The predicted octanol–water partition coefficient (Wildman–Crippen LogP) is 1.99. The van der Waals surface area contributed by atoms with E-state index in [0.29, 0.717) is 5.69 Å². The molecule has 1 unspecified atom stereocenters. The molecule has 0 bridgehead atoms. The van der Waals surface area contributed by atoms with Crippen molar-refractivity contribution in [2.75, 3.05) is 0 Å². The number of halogens is 3. The van der Waals surface area contributed by atoms with Gasteiger partial charge in [0.25, 0.3) is 0 Å². The molecule has 1 heterocycles. The van der Waals surface area contributed by atoms with Gasteiger partial charge in [-0.3, -0.25) is 4.98 Å². The molecule has 0 aromatic carbocycles. The Morgan fingerprint density at radius 1 is 1.46 bits per heavy atom. The number of nitrogens with zero attached hydrogens (tertiary/aromatic N) is 1. The monoisotopic (exact) mass is 191 g/mol. The third-order valence-corrected chi connectivity index (χ3v) is 1.55. The van der Waals surface area contributed by atoms with Gasteiger partial charge in [-0.05, 0) is 24.6 Å². The Balaban J connectivity index is 2.96. The second-order valence-electron chi connectivity index (χ2n) is 2.67. The van der Waals surface area contributed by atoms with Crippen LogP contribution < -0.4 is 0 Å². The lowest BCUT2D eigenvalue weighted by atomic mass is 10.1. The van der Waals surface area contributed by atoms with Crippen LogP contribution in [0.5, 0.6) is 0 Å². The van der Waals surface area contributed by atoms with Crippen molar-refractivity contribution in [3.8, 4) is 0 Å². The van der Waals surface area contributed by atoms with Crippen LogP contribution in [-0.4, -0.2) is 16.3 Å². The fraction of sp³-hybridized carbons (Fsp3) is 0.375. The summed E-state index contributed by atoms with van der Waals surface area (Å²) in [5.41, 5.74) is 0.265. The van der Waals surface area contributed by atoms with Gasteiger partial charge in [-0.15, -0.1) is 0 Å². The largest absolute Gasteiger partial charge is 0.418 e. The van der Waals surface area contributed by atoms with Gasteiger partial charge in [0.1, 0.15) is 0 Å². The van der Waals surface area contributed by atoms with E-state index in [4.69, 9.17) is 5.11 Å². The summed E-state index contributed by atoms with van der Waals surface area (Å²) in [6.45, 7) is 1.56. The molecule has 0 amide bonds. The fourth-order valence-corrected chi connectivity index (χ4v) is 0.927. The average Bonchev–Trinajstić information content (AvgIpc) is 2.01. The number of aromatic nitrogens is 1. The third kappa shape index (κ3) is 2.42. The third-order valence-electron chi connectivity index (χ3n) is 1.55. The summed E-state index contributed by atoms with van der Waals surface area (Å²) in [6, 6.07) is 2.35. The molecule has 5 heteroatoms. The van der Waals surface area contributed by atoms with Gasteiger partial charge < -0.3 is 5.11 Å². The highest BCUT2D eigenvalue weighted by Crippen LogP contribution is 2.32. The SMILES string of the molecule is Cc1cc(C(O)C(F)(F)F)ccn1. The topological polar surface area (TPSA) is 33.1 Å². The van der Waals surface area contributed by atoms with Crippen LogP contribution in [0.25, 0.3) is 0 Å². The van der Waals surface area contributed by atoms with Gasteiger partial charge in [0.15, 0.2) is 6.10 Å². The van der Waals surface area contributed by atoms with Crippen LogP contribution >= 0.6 is 0 Å². The summed E-state index contributed by atoms with van der Waals surface area (Å²) in [4.78, 5) is 3.73. The molecule has 1 aromatic heterocycles. The zero-order valence-electron chi connectivity index (χ0n) is 6.84. The molecular weight excluding hydrogens is 183 g/mol. The smallest absolute Gasteiger partial charge is 0.379 e. The van der Waals surface area contributed by atoms with Crippen LogP contribution in [0.2, 0.25) is 0 Å². The first-order valence-corrected chi connectivity index (χ1v) is 3.58. The Morgan fingerprint density at radius 3 is 2.54 bits per heavy atom. The second kappa shape index (κ2) is 3.33. The van der Waals surface area contributed by atoms with Gasteiger partial charge in [0.2, 0.25) is 0 Å². The number of hydrogen-bond acceptors (Lipinski definition) is 2. The molecule has 0 aliphatic heterocycles. The Labute approximate surface area is 73.0 Å². The summed E-state index contributed by atoms with van der Waals surface area (Å²) in [6.07, 6.45) is -5.80. The van der Waals surface area contributed by atoms with Crippen LogP contribution in [0, 0.1) is 6.92 Å². The predicted molar refractivity (Wildman–Crippen MR) is 40.0 cm³/mol. The van der Waals surface area contributed by atoms with Crippen LogP contribution in [0.1, 0.15) is 17.4 Å². The van der Waals surface area contributed by atoms with Gasteiger partial charge in [-0.1, -0.05) is 0 Å². The van der Waals surface area contributed by atoms with Crippen LogP contribution in [0.15, 0.2) is 18.3 Å². The lowest BCUT2D eigenvalue weighted by Crippen LogP contribution is -2.20. The minimum Gasteiger partial charge on any atom is -0.379 e. The normalized spacial score (nSPS) is 14.2. The van der Waals surface area contributed by atoms with Gasteiger partial charge in [-0.2, -0.15) is 13.2 Å². The maximum atomic E-state index is 12.0. The van der Waals surface area contributed by atoms with Crippen LogP contribution in [0.4, 0.5) is 13.2 Å². The second-order valence-corrected chi connectivity index (χ2v) is 2.67. The Bertz CT molecular complexity index is 298. The van der Waals surface area contributed by atoms with Gasteiger partial charge in [-0.25, -0.2) is 0 Å². The summed E-state index contributed by atoms with van der Waals surface area (Å²) in [5.74, 6) is 0. The van der Waals surface area contributed by atoms with Crippen molar-refractivity contribution in [2.45, 2.75) is 19.2 Å². The number of pyridine rings is 1. The molecule has 0 radical (unpaired) electrons. The molecule has 1 atom stereocenters. The molecule has 72 valence electrons. The molecule has 0 spiro atoms. The van der Waals surface area contributed by atoms with Crippen molar-refractivity contribution in [1.82, 2.24) is 4.98 Å². The molecule has 0 aliphatic rings. The Hall–Kier alpha value is -1.10. The van der Waals surface area contributed by atoms with Crippen molar-refractivity contribution in [1.29, 1.82) is 0 Å². The summed E-state index contributed by atoms with van der Waals surface area (Å²) < 4.78 is 36.0. The highest BCUT2D eigenvalue weighted by atomic mass is 19.4. The molecule has 0 saturated carbocycles. The Kier molecular flexibility index (Phi) is 2.56. The van der Waals surface area contributed by atoms with Crippen LogP contribution in [-0.2, 0) is 0 Å². The number of aliphatic hydroxyl groups is 1. The van der Waals surface area contributed by atoms with E-state index in [2.05, 4.69) is 4.98 Å². The maximum absolute atomic E-state index is 12.0. The lowest BCUT2D eigenvalue weighted by Gasteiger charge is -2.14. The van der Waals surface area contributed by atoms with Crippen LogP contribution in [0.3, 0.4) is 0 Å². The van der Waals surface area contributed by atoms with Crippen molar-refractivity contribution in [3.05, 3.63) is 29.6 Å². The van der Waals surface area contributed by atoms with Gasteiger partial charge >= 0.3 is 6.18 Å². The van der Waals surface area contributed by atoms with Crippen molar-refractivity contribution < 1.29 is 18.3 Å². The average molecular weight is 191 g/mol. The van der Waals surface area contributed by atoms with E-state index in [-0.39, 0.29) is 5.56 Å². The lowest BCUT2D eigenvalue weighted by molar-refractivity contribution is -0.206. The van der Waals surface area contributed by atoms with Gasteiger partial charge in [0, 0.05) is 11.9 Å². The van der Waals surface area contributed by atoms with Crippen molar-refractivity contribution in [2.24, 2.45) is 0 Å². The molecule has 1 aromatic rings. The molecule has 13 heavy (non-hydrogen) atoms. The maximum Gasteiger partial charge on any atom is 0.418 e. The standard InChI is InChI=1S/C8H8F3NO/c1-5-4-6(2-3-12-5)7(13)8(9,10)11/h2-4,7,13H,1H3. The van der Waals surface area contributed by atoms with Crippen molar-refractivity contribution in [3.63, 3.8) is 0 Å². The van der Waals surface area contributed by atoms with E-state index in [0.717, 1.165) is 6.07 Å². The number of alkyl halides is 3. The zero-order valence-corrected chi connectivity index (χ0v) is 6.84. The molecule has 1 rings (SSSR count). The van der Waals surface area contributed by atoms with E-state index in [1.54, 1.807) is 6.92 Å². The molecule has 0 fully saturated rings. The summed E-state index contributed by atoms with van der Waals surface area (Å²) in [5, 5.41) is 8.83. The minimum absolute atomic E-state index is 0.181. The Morgan fingerprint density at radius 2 is 2.08 bits per heavy atom. The van der Waals surface area contributed by atoms with E-state index in [1.807, 2.05) is 0 Å². The number of aryl methyl sites for hydroxylation is 1. The molecule has 1 N–H and O–H groups in total. The summed E-state index contributed by atoms with van der Waals surface area (Å²) >= 11 is 0. The summed E-state index contributed by atoms with van der Waals surface area (Å²) in [7, 11) is 0. The quantitative estimate of drug-likeness (QED) is 0.736. The number of rotatable bonds is 1. The first-order chi connectivity index (χ1) is 5.91. The van der Waals surface area contributed by atoms with E-state index >= 15 is 0 Å². The van der Waals surface area contributed by atoms with E-state index < -0.39 is 12.3 Å². The zero-order chi connectivity index (χ0) is 10.1. The van der Waals surface area contributed by atoms with E-state index in [9.17, 15) is 13.2 Å². The minimum atomic E-state index is -4.62. The fourth-order valence-electron chi connectivity index (χ4n) is 0.927. The molecule has 2 nitrogen and oxygen atoms in total. The molecular formula is C8H8F3NO. The highest BCUT2D eigenvalue weighted by molar-refractivity contribution is 5.19. The highest BCUT2D eigenvalue weighted by Gasteiger charge is 2.39. The molecule has 0 aliphatic carbocycles. The first kappa shape index (κ1) is 9.98.